The van der Waals surface area contributed by atoms with E-state index in [4.69, 9.17) is 16.3 Å². The summed E-state index contributed by atoms with van der Waals surface area (Å²) in [7, 11) is 0. The Labute approximate surface area is 175 Å². The van der Waals surface area contributed by atoms with Gasteiger partial charge >= 0.3 is 0 Å². The molecule has 0 aliphatic carbocycles. The molecule has 1 fully saturated rings. The van der Waals surface area contributed by atoms with E-state index in [1.165, 1.54) is 4.90 Å². The molecule has 0 bridgehead atoms. The highest BCUT2D eigenvalue weighted by Gasteiger charge is 2.42. The van der Waals surface area contributed by atoms with Crippen molar-refractivity contribution in [1.82, 2.24) is 9.80 Å². The van der Waals surface area contributed by atoms with Gasteiger partial charge < -0.3 is 9.64 Å². The number of carbonyl (C=O) groups excluding carboxylic acids is 2. The Balaban J connectivity index is 1.73. The van der Waals surface area contributed by atoms with Crippen LogP contribution in [0.5, 0.6) is 0 Å². The molecule has 2 heterocycles. The molecule has 5 nitrogen and oxygen atoms in total. The Morgan fingerprint density at radius 2 is 1.55 bits per heavy atom. The van der Waals surface area contributed by atoms with Gasteiger partial charge in [-0.2, -0.15) is 0 Å². The van der Waals surface area contributed by atoms with Crippen LogP contribution in [0.1, 0.15) is 25.0 Å². The second-order valence-corrected chi connectivity index (χ2v) is 8.01. The number of hydrogen-bond acceptors (Lipinski definition) is 4. The van der Waals surface area contributed by atoms with Crippen LogP contribution < -0.4 is 0 Å². The first-order valence-electron chi connectivity index (χ1n) is 9.74. The van der Waals surface area contributed by atoms with Crippen molar-refractivity contribution in [3.8, 4) is 0 Å². The molecule has 2 amide bonds. The quantitative estimate of drug-likeness (QED) is 0.721. The van der Waals surface area contributed by atoms with Crippen molar-refractivity contribution in [1.29, 1.82) is 0 Å². The van der Waals surface area contributed by atoms with Gasteiger partial charge in [-0.3, -0.25) is 14.5 Å². The van der Waals surface area contributed by atoms with Gasteiger partial charge in [0, 0.05) is 18.1 Å². The standard InChI is InChI=1S/C23H23ClN2O3/c1-15-12-25(13-16(2)29-15)21-20(18-6-4-3-5-7-18)22(27)26(23(21)28)14-17-8-10-19(24)11-9-17/h3-11,15-16H,12-14H2,1-2H3. The van der Waals surface area contributed by atoms with E-state index in [9.17, 15) is 9.59 Å². The largest absolute Gasteiger partial charge is 0.372 e. The maximum Gasteiger partial charge on any atom is 0.278 e. The van der Waals surface area contributed by atoms with Crippen molar-refractivity contribution in [3.05, 3.63) is 76.4 Å². The zero-order valence-electron chi connectivity index (χ0n) is 16.5. The van der Waals surface area contributed by atoms with Crippen LogP contribution in [-0.2, 0) is 20.9 Å². The van der Waals surface area contributed by atoms with Crippen LogP contribution in [0.25, 0.3) is 5.57 Å². The van der Waals surface area contributed by atoms with Gasteiger partial charge in [0.05, 0.1) is 24.3 Å². The van der Waals surface area contributed by atoms with Gasteiger partial charge in [0.1, 0.15) is 5.70 Å². The van der Waals surface area contributed by atoms with Gasteiger partial charge in [0.25, 0.3) is 11.8 Å². The van der Waals surface area contributed by atoms with E-state index in [1.54, 1.807) is 12.1 Å². The topological polar surface area (TPSA) is 49.9 Å². The minimum Gasteiger partial charge on any atom is -0.372 e. The highest BCUT2D eigenvalue weighted by molar-refractivity contribution is 6.35. The molecule has 2 unspecified atom stereocenters. The predicted molar refractivity (Wildman–Crippen MR) is 112 cm³/mol. The predicted octanol–water partition coefficient (Wildman–Crippen LogP) is 3.73. The SMILES string of the molecule is CC1CN(C2=C(c3ccccc3)C(=O)N(Cc3ccc(Cl)cc3)C2=O)CC(C)O1. The van der Waals surface area contributed by atoms with E-state index in [2.05, 4.69) is 0 Å². The Morgan fingerprint density at radius 3 is 2.17 bits per heavy atom. The molecule has 29 heavy (non-hydrogen) atoms. The Kier molecular flexibility index (Phi) is 5.43. The number of hydrogen-bond donors (Lipinski definition) is 0. The number of halogens is 1. The van der Waals surface area contributed by atoms with Crippen LogP contribution in [-0.4, -0.2) is 46.9 Å². The zero-order valence-corrected chi connectivity index (χ0v) is 17.2. The average molecular weight is 411 g/mol. The van der Waals surface area contributed by atoms with Crippen molar-refractivity contribution < 1.29 is 14.3 Å². The molecule has 0 radical (unpaired) electrons. The minimum absolute atomic E-state index is 0.0171. The molecule has 0 N–H and O–H groups in total. The third kappa shape index (κ3) is 3.93. The molecule has 0 saturated carbocycles. The van der Waals surface area contributed by atoms with Gasteiger partial charge in [0.2, 0.25) is 0 Å². The highest BCUT2D eigenvalue weighted by atomic mass is 35.5. The van der Waals surface area contributed by atoms with Gasteiger partial charge in [-0.25, -0.2) is 0 Å². The average Bonchev–Trinajstić information content (AvgIpc) is 2.94. The molecule has 2 atom stereocenters. The number of benzene rings is 2. The molecule has 2 aromatic rings. The summed E-state index contributed by atoms with van der Waals surface area (Å²) in [5, 5.41) is 0.618. The van der Waals surface area contributed by atoms with Crippen LogP contribution in [0.2, 0.25) is 5.02 Å². The van der Waals surface area contributed by atoms with E-state index in [-0.39, 0.29) is 30.6 Å². The molecular weight excluding hydrogens is 388 g/mol. The molecular formula is C23H23ClN2O3. The lowest BCUT2D eigenvalue weighted by Gasteiger charge is -2.37. The number of ether oxygens (including phenoxy) is 1. The molecule has 1 saturated heterocycles. The lowest BCUT2D eigenvalue weighted by atomic mass is 10.0. The summed E-state index contributed by atoms with van der Waals surface area (Å²) >= 11 is 5.97. The van der Waals surface area contributed by atoms with E-state index in [0.29, 0.717) is 29.4 Å². The van der Waals surface area contributed by atoms with Crippen LogP contribution in [0, 0.1) is 0 Å². The van der Waals surface area contributed by atoms with E-state index in [0.717, 1.165) is 11.1 Å². The number of amides is 2. The van der Waals surface area contributed by atoms with Crippen molar-refractivity contribution >= 4 is 29.0 Å². The number of imide groups is 1. The van der Waals surface area contributed by atoms with Crippen LogP contribution in [0.3, 0.4) is 0 Å². The third-order valence-electron chi connectivity index (χ3n) is 5.20. The Hall–Kier alpha value is -2.63. The molecule has 2 aliphatic heterocycles. The first-order chi connectivity index (χ1) is 13.9. The maximum absolute atomic E-state index is 13.4. The van der Waals surface area contributed by atoms with Crippen molar-refractivity contribution in [3.63, 3.8) is 0 Å². The van der Waals surface area contributed by atoms with Gasteiger partial charge in [-0.15, -0.1) is 0 Å². The summed E-state index contributed by atoms with van der Waals surface area (Å²) in [6, 6.07) is 16.6. The fourth-order valence-corrected chi connectivity index (χ4v) is 4.12. The minimum atomic E-state index is -0.266. The monoisotopic (exact) mass is 410 g/mol. The molecule has 0 aromatic heterocycles. The Bertz CT molecular complexity index is 946. The summed E-state index contributed by atoms with van der Waals surface area (Å²) < 4.78 is 5.83. The first kappa shape index (κ1) is 19.7. The fourth-order valence-electron chi connectivity index (χ4n) is 4.00. The number of morpholine rings is 1. The van der Waals surface area contributed by atoms with Crippen LogP contribution >= 0.6 is 11.6 Å². The number of rotatable bonds is 4. The molecule has 4 rings (SSSR count). The van der Waals surface area contributed by atoms with Crippen LogP contribution in [0.15, 0.2) is 60.3 Å². The second-order valence-electron chi connectivity index (χ2n) is 7.57. The lowest BCUT2D eigenvalue weighted by Crippen LogP contribution is -2.46. The second kappa shape index (κ2) is 8.01. The molecule has 6 heteroatoms. The summed E-state index contributed by atoms with van der Waals surface area (Å²) in [4.78, 5) is 30.1. The van der Waals surface area contributed by atoms with Crippen molar-refractivity contribution in [2.75, 3.05) is 13.1 Å². The zero-order chi connectivity index (χ0) is 20.5. The van der Waals surface area contributed by atoms with Crippen molar-refractivity contribution in [2.24, 2.45) is 0 Å². The first-order valence-corrected chi connectivity index (χ1v) is 10.1. The molecule has 0 spiro atoms. The number of nitrogens with zero attached hydrogens (tertiary/aromatic N) is 2. The Morgan fingerprint density at radius 1 is 0.931 bits per heavy atom. The third-order valence-corrected chi connectivity index (χ3v) is 5.45. The lowest BCUT2D eigenvalue weighted by molar-refractivity contribution is -0.139. The summed E-state index contributed by atoms with van der Waals surface area (Å²) in [5.74, 6) is -0.525. The number of carbonyl (C=O) groups is 2. The van der Waals surface area contributed by atoms with Gasteiger partial charge in [-0.05, 0) is 37.1 Å². The summed E-state index contributed by atoms with van der Waals surface area (Å²) in [6.45, 7) is 5.33. The van der Waals surface area contributed by atoms with E-state index in [1.807, 2.05) is 61.2 Å². The summed E-state index contributed by atoms with van der Waals surface area (Å²) in [5.41, 5.74) is 2.54. The smallest absolute Gasteiger partial charge is 0.278 e. The van der Waals surface area contributed by atoms with E-state index >= 15 is 0 Å². The van der Waals surface area contributed by atoms with Gasteiger partial charge in [0.15, 0.2) is 0 Å². The highest BCUT2D eigenvalue weighted by Crippen LogP contribution is 2.34. The fraction of sp³-hybridized carbons (Fsp3) is 0.304. The summed E-state index contributed by atoms with van der Waals surface area (Å²) in [6.07, 6.45) is -0.0343. The molecule has 150 valence electrons. The maximum atomic E-state index is 13.4. The van der Waals surface area contributed by atoms with Crippen LogP contribution in [0.4, 0.5) is 0 Å². The molecule has 2 aliphatic rings. The normalized spacial score (nSPS) is 22.6. The van der Waals surface area contributed by atoms with Gasteiger partial charge in [-0.1, -0.05) is 54.1 Å². The molecule has 2 aromatic carbocycles. The van der Waals surface area contributed by atoms with E-state index < -0.39 is 0 Å². The van der Waals surface area contributed by atoms with Crippen molar-refractivity contribution in [2.45, 2.75) is 32.6 Å².